The Bertz CT molecular complexity index is 980. The molecule has 0 aliphatic carbocycles. The number of aromatic nitrogens is 2. The van der Waals surface area contributed by atoms with Gasteiger partial charge in [-0.1, -0.05) is 42.1 Å². The molecule has 8 heteroatoms. The van der Waals surface area contributed by atoms with Gasteiger partial charge in [0.05, 0.1) is 17.8 Å². The largest absolute Gasteiger partial charge is 0.348 e. The molecule has 2 aromatic heterocycles. The molecule has 0 atom stereocenters. The summed E-state index contributed by atoms with van der Waals surface area (Å²) >= 11 is 2.52. The van der Waals surface area contributed by atoms with Crippen LogP contribution in [0.2, 0.25) is 0 Å². The van der Waals surface area contributed by atoms with E-state index in [0.717, 1.165) is 0 Å². The van der Waals surface area contributed by atoms with Crippen LogP contribution in [0.25, 0.3) is 10.2 Å². The van der Waals surface area contributed by atoms with Crippen molar-refractivity contribution in [3.05, 3.63) is 57.7 Å². The Labute approximate surface area is 151 Å². The van der Waals surface area contributed by atoms with Crippen molar-refractivity contribution in [2.75, 3.05) is 12.3 Å². The monoisotopic (exact) mass is 373 g/mol. The number of nitrogens with one attached hydrogen (secondary N) is 1. The highest BCUT2D eigenvalue weighted by atomic mass is 32.2. The standard InChI is InChI=1S/C17H15N3O3S2/c1-20-16(23)15-12(7-8-24-15)19-17(20)25-10-14(22)18-9-13(21)11-5-3-2-4-6-11/h2-8H,9-10H2,1H3,(H,18,22). The lowest BCUT2D eigenvalue weighted by molar-refractivity contribution is -0.118. The molecule has 6 nitrogen and oxygen atoms in total. The van der Waals surface area contributed by atoms with Gasteiger partial charge in [0.15, 0.2) is 10.9 Å². The minimum atomic E-state index is -0.283. The van der Waals surface area contributed by atoms with Gasteiger partial charge in [0, 0.05) is 12.6 Å². The van der Waals surface area contributed by atoms with E-state index in [1.165, 1.54) is 27.7 Å². The molecule has 1 aromatic carbocycles. The molecule has 0 saturated carbocycles. The summed E-state index contributed by atoms with van der Waals surface area (Å²) in [5.74, 6) is -0.351. The normalized spacial score (nSPS) is 10.8. The molecule has 0 spiro atoms. The van der Waals surface area contributed by atoms with Crippen LogP contribution >= 0.6 is 23.1 Å². The number of carbonyl (C=O) groups is 2. The van der Waals surface area contributed by atoms with Gasteiger partial charge in [0.2, 0.25) is 5.91 Å². The Hall–Kier alpha value is -2.45. The molecule has 2 heterocycles. The maximum atomic E-state index is 12.2. The highest BCUT2D eigenvalue weighted by Gasteiger charge is 2.12. The zero-order chi connectivity index (χ0) is 17.8. The lowest BCUT2D eigenvalue weighted by atomic mass is 10.1. The zero-order valence-corrected chi connectivity index (χ0v) is 15.0. The molecule has 0 unspecified atom stereocenters. The number of thiophene rings is 1. The van der Waals surface area contributed by atoms with E-state index in [1.807, 2.05) is 11.4 Å². The van der Waals surface area contributed by atoms with E-state index in [-0.39, 0.29) is 29.5 Å². The molecular weight excluding hydrogens is 358 g/mol. The second kappa shape index (κ2) is 7.62. The van der Waals surface area contributed by atoms with E-state index >= 15 is 0 Å². The third-order valence-corrected chi connectivity index (χ3v) is 5.44. The molecule has 128 valence electrons. The third kappa shape index (κ3) is 3.97. The molecule has 0 bridgehead atoms. The first-order valence-electron chi connectivity index (χ1n) is 7.48. The van der Waals surface area contributed by atoms with Gasteiger partial charge in [-0.15, -0.1) is 11.3 Å². The SMILES string of the molecule is Cn1c(SCC(=O)NCC(=O)c2ccccc2)nc2ccsc2c1=O. The smallest absolute Gasteiger partial charge is 0.271 e. The number of hydrogen-bond donors (Lipinski definition) is 1. The first kappa shape index (κ1) is 17.4. The summed E-state index contributed by atoms with van der Waals surface area (Å²) in [5.41, 5.74) is 1.07. The number of hydrogen-bond acceptors (Lipinski definition) is 6. The number of benzene rings is 1. The highest BCUT2D eigenvalue weighted by molar-refractivity contribution is 7.99. The van der Waals surface area contributed by atoms with Crippen LogP contribution in [0, 0.1) is 0 Å². The number of fused-ring (bicyclic) bond motifs is 1. The fraction of sp³-hybridized carbons (Fsp3) is 0.176. The first-order chi connectivity index (χ1) is 12.1. The number of carbonyl (C=O) groups excluding carboxylic acids is 2. The molecule has 25 heavy (non-hydrogen) atoms. The van der Waals surface area contributed by atoms with E-state index in [2.05, 4.69) is 10.3 Å². The van der Waals surface area contributed by atoms with Crippen molar-refractivity contribution in [3.8, 4) is 0 Å². The van der Waals surface area contributed by atoms with Gasteiger partial charge in [-0.3, -0.25) is 19.0 Å². The lowest BCUT2D eigenvalue weighted by Gasteiger charge is -2.07. The molecule has 0 aliphatic rings. The molecule has 0 saturated heterocycles. The summed E-state index contributed by atoms with van der Waals surface area (Å²) in [4.78, 5) is 40.5. The number of amides is 1. The summed E-state index contributed by atoms with van der Waals surface area (Å²) in [5, 5.41) is 4.88. The summed E-state index contributed by atoms with van der Waals surface area (Å²) in [6.07, 6.45) is 0. The van der Waals surface area contributed by atoms with Gasteiger partial charge in [-0.05, 0) is 11.4 Å². The Morgan fingerprint density at radius 2 is 2.00 bits per heavy atom. The van der Waals surface area contributed by atoms with Crippen molar-refractivity contribution in [3.63, 3.8) is 0 Å². The summed E-state index contributed by atoms with van der Waals surface area (Å²) in [7, 11) is 1.63. The van der Waals surface area contributed by atoms with E-state index in [0.29, 0.717) is 20.9 Å². The molecule has 1 N–H and O–H groups in total. The van der Waals surface area contributed by atoms with E-state index in [1.54, 1.807) is 37.4 Å². The lowest BCUT2D eigenvalue weighted by Crippen LogP contribution is -2.31. The van der Waals surface area contributed by atoms with E-state index in [4.69, 9.17) is 0 Å². The van der Waals surface area contributed by atoms with Crippen LogP contribution in [0.4, 0.5) is 0 Å². The van der Waals surface area contributed by atoms with Crippen LogP contribution < -0.4 is 10.9 Å². The number of nitrogens with zero attached hydrogens (tertiary/aromatic N) is 2. The average Bonchev–Trinajstić information content (AvgIpc) is 3.11. The quantitative estimate of drug-likeness (QED) is 0.406. The predicted molar refractivity (Wildman–Crippen MR) is 99.4 cm³/mol. The summed E-state index contributed by atoms with van der Waals surface area (Å²) in [6.45, 7) is -0.0562. The van der Waals surface area contributed by atoms with E-state index in [9.17, 15) is 14.4 Å². The molecule has 0 radical (unpaired) electrons. The van der Waals surface area contributed by atoms with Crippen LogP contribution in [-0.2, 0) is 11.8 Å². The summed E-state index contributed by atoms with van der Waals surface area (Å²) < 4.78 is 2.04. The molecular formula is C17H15N3O3S2. The van der Waals surface area contributed by atoms with Gasteiger partial charge < -0.3 is 5.32 Å². The van der Waals surface area contributed by atoms with Crippen molar-refractivity contribution >= 4 is 45.0 Å². The number of thioether (sulfide) groups is 1. The topological polar surface area (TPSA) is 81.1 Å². The minimum Gasteiger partial charge on any atom is -0.348 e. The van der Waals surface area contributed by atoms with Crippen molar-refractivity contribution in [1.29, 1.82) is 0 Å². The Balaban J connectivity index is 1.58. The third-order valence-electron chi connectivity index (χ3n) is 3.52. The van der Waals surface area contributed by atoms with Gasteiger partial charge in [0.1, 0.15) is 4.70 Å². The number of rotatable bonds is 6. The van der Waals surface area contributed by atoms with Crippen LogP contribution in [0.5, 0.6) is 0 Å². The van der Waals surface area contributed by atoms with Crippen molar-refractivity contribution < 1.29 is 9.59 Å². The first-order valence-corrected chi connectivity index (χ1v) is 9.35. The molecule has 3 rings (SSSR count). The fourth-order valence-electron chi connectivity index (χ4n) is 2.18. The second-order valence-electron chi connectivity index (χ2n) is 5.25. The zero-order valence-electron chi connectivity index (χ0n) is 13.4. The maximum absolute atomic E-state index is 12.2. The second-order valence-corrected chi connectivity index (χ2v) is 7.11. The van der Waals surface area contributed by atoms with Crippen LogP contribution in [0.15, 0.2) is 51.7 Å². The number of Topliss-reactive ketones (excluding diaryl/α,β-unsaturated/α-hetero) is 1. The average molecular weight is 373 g/mol. The van der Waals surface area contributed by atoms with Gasteiger partial charge in [-0.25, -0.2) is 4.98 Å². The Morgan fingerprint density at radius 1 is 1.24 bits per heavy atom. The van der Waals surface area contributed by atoms with E-state index < -0.39 is 0 Å². The molecule has 3 aromatic rings. The highest BCUT2D eigenvalue weighted by Crippen LogP contribution is 2.19. The molecule has 0 aliphatic heterocycles. The maximum Gasteiger partial charge on any atom is 0.271 e. The van der Waals surface area contributed by atoms with Gasteiger partial charge >= 0.3 is 0 Å². The van der Waals surface area contributed by atoms with Gasteiger partial charge in [-0.2, -0.15) is 0 Å². The molecule has 0 fully saturated rings. The van der Waals surface area contributed by atoms with Crippen molar-refractivity contribution in [2.45, 2.75) is 5.16 Å². The van der Waals surface area contributed by atoms with Gasteiger partial charge in [0.25, 0.3) is 5.56 Å². The fourth-order valence-corrected chi connectivity index (χ4v) is 3.79. The summed E-state index contributed by atoms with van der Waals surface area (Å²) in [6, 6.07) is 10.6. The Morgan fingerprint density at radius 3 is 2.76 bits per heavy atom. The number of ketones is 1. The molecule has 1 amide bonds. The van der Waals surface area contributed by atoms with Crippen LogP contribution in [0.1, 0.15) is 10.4 Å². The van der Waals surface area contributed by atoms with Crippen molar-refractivity contribution in [1.82, 2.24) is 14.9 Å². The predicted octanol–water partition coefficient (Wildman–Crippen LogP) is 2.09. The van der Waals surface area contributed by atoms with Crippen LogP contribution in [0.3, 0.4) is 0 Å². The van der Waals surface area contributed by atoms with Crippen LogP contribution in [-0.4, -0.2) is 33.5 Å². The van der Waals surface area contributed by atoms with Crippen molar-refractivity contribution in [2.24, 2.45) is 7.05 Å². The Kier molecular flexibility index (Phi) is 5.30. The minimum absolute atomic E-state index is 0.0562.